The Morgan fingerprint density at radius 2 is 2.22 bits per heavy atom. The van der Waals surface area contributed by atoms with Crippen molar-refractivity contribution in [3.05, 3.63) is 40.2 Å². The lowest BCUT2D eigenvalue weighted by molar-refractivity contribution is -0.125. The monoisotopic (exact) mass is 335 g/mol. The molecule has 2 heterocycles. The van der Waals surface area contributed by atoms with Gasteiger partial charge in [-0.15, -0.1) is 10.2 Å². The van der Waals surface area contributed by atoms with Crippen molar-refractivity contribution in [2.45, 2.75) is 32.3 Å². The van der Waals surface area contributed by atoms with Crippen molar-refractivity contribution in [3.63, 3.8) is 0 Å². The molecular formula is C15H14FN3O3S. The van der Waals surface area contributed by atoms with Crippen LogP contribution in [-0.4, -0.2) is 28.2 Å². The molecule has 3 rings (SSSR count). The van der Waals surface area contributed by atoms with Crippen molar-refractivity contribution in [2.75, 3.05) is 5.32 Å². The summed E-state index contributed by atoms with van der Waals surface area (Å²) in [6.07, 6.45) is -0.885. The number of ether oxygens (including phenoxy) is 1. The van der Waals surface area contributed by atoms with E-state index in [9.17, 15) is 14.0 Å². The van der Waals surface area contributed by atoms with E-state index in [0.29, 0.717) is 10.7 Å². The van der Waals surface area contributed by atoms with Gasteiger partial charge in [0.2, 0.25) is 5.13 Å². The number of halogens is 1. The van der Waals surface area contributed by atoms with Crippen LogP contribution in [-0.2, 0) is 16.0 Å². The quantitative estimate of drug-likeness (QED) is 0.872. The summed E-state index contributed by atoms with van der Waals surface area (Å²) < 4.78 is 18.4. The number of fused-ring (bicyclic) bond motifs is 1. The summed E-state index contributed by atoms with van der Waals surface area (Å²) in [6, 6.07) is 3.80. The first kappa shape index (κ1) is 15.5. The van der Waals surface area contributed by atoms with Gasteiger partial charge in [-0.05, 0) is 23.8 Å². The molecular weight excluding hydrogens is 321 g/mol. The fourth-order valence-corrected chi connectivity index (χ4v) is 2.96. The Hall–Kier alpha value is -2.35. The first-order chi connectivity index (χ1) is 10.9. The van der Waals surface area contributed by atoms with Crippen LogP contribution in [0.25, 0.3) is 0 Å². The van der Waals surface area contributed by atoms with Gasteiger partial charge in [0.25, 0.3) is 5.91 Å². The van der Waals surface area contributed by atoms with Crippen molar-refractivity contribution in [3.8, 4) is 0 Å². The molecule has 0 saturated heterocycles. The van der Waals surface area contributed by atoms with Gasteiger partial charge in [-0.2, -0.15) is 0 Å². The van der Waals surface area contributed by atoms with E-state index in [1.807, 2.05) is 13.8 Å². The van der Waals surface area contributed by atoms with Gasteiger partial charge >= 0.3 is 5.97 Å². The van der Waals surface area contributed by atoms with Crippen LogP contribution in [0.15, 0.2) is 18.2 Å². The highest BCUT2D eigenvalue weighted by Gasteiger charge is 2.32. The van der Waals surface area contributed by atoms with Crippen LogP contribution in [0.4, 0.5) is 9.52 Å². The maximum Gasteiger partial charge on any atom is 0.339 e. The Kier molecular flexibility index (Phi) is 4.08. The minimum Gasteiger partial charge on any atom is -0.448 e. The zero-order chi connectivity index (χ0) is 16.6. The van der Waals surface area contributed by atoms with Crippen molar-refractivity contribution in [2.24, 2.45) is 0 Å². The molecule has 0 aliphatic carbocycles. The van der Waals surface area contributed by atoms with E-state index in [1.54, 1.807) is 0 Å². The summed E-state index contributed by atoms with van der Waals surface area (Å²) in [4.78, 5) is 24.2. The van der Waals surface area contributed by atoms with Crippen LogP contribution in [0.1, 0.15) is 40.7 Å². The number of amides is 1. The second kappa shape index (κ2) is 6.04. The van der Waals surface area contributed by atoms with E-state index in [0.717, 1.165) is 5.01 Å². The van der Waals surface area contributed by atoms with Crippen molar-refractivity contribution in [1.82, 2.24) is 10.2 Å². The Bertz CT molecular complexity index is 775. The second-order valence-corrected chi connectivity index (χ2v) is 6.50. The normalized spacial score (nSPS) is 16.9. The number of nitrogens with one attached hydrogen (secondary N) is 1. The van der Waals surface area contributed by atoms with E-state index in [2.05, 4.69) is 15.5 Å². The summed E-state index contributed by atoms with van der Waals surface area (Å²) in [5.74, 6) is -1.38. The number of carbonyl (C=O) groups is 2. The number of anilines is 1. The number of benzene rings is 1. The highest BCUT2D eigenvalue weighted by atomic mass is 32.1. The maximum atomic E-state index is 13.3. The Morgan fingerprint density at radius 3 is 2.91 bits per heavy atom. The predicted octanol–water partition coefficient (Wildman–Crippen LogP) is 2.52. The standard InChI is InChI=1S/C15H14FN3O3S/c1-7(2)13-18-19-15(23-13)17-12(20)11-6-8-5-9(16)3-4-10(8)14(21)22-11/h3-5,7,11H,6H2,1-2H3,(H,17,19,20). The highest BCUT2D eigenvalue weighted by molar-refractivity contribution is 7.15. The van der Waals surface area contributed by atoms with Crippen LogP contribution in [0.2, 0.25) is 0 Å². The summed E-state index contributed by atoms with van der Waals surface area (Å²) in [5.41, 5.74) is 0.745. The van der Waals surface area contributed by atoms with Gasteiger partial charge in [0.15, 0.2) is 6.10 Å². The lowest BCUT2D eigenvalue weighted by Gasteiger charge is -2.23. The first-order valence-corrected chi connectivity index (χ1v) is 7.89. The Balaban J connectivity index is 1.74. The van der Waals surface area contributed by atoms with Gasteiger partial charge in [0.1, 0.15) is 10.8 Å². The number of hydrogen-bond donors (Lipinski definition) is 1. The van der Waals surface area contributed by atoms with E-state index < -0.39 is 23.8 Å². The SMILES string of the molecule is CC(C)c1nnc(NC(=O)C2Cc3cc(F)ccc3C(=O)O2)s1. The van der Waals surface area contributed by atoms with Crippen molar-refractivity contribution in [1.29, 1.82) is 0 Å². The maximum absolute atomic E-state index is 13.3. The van der Waals surface area contributed by atoms with Crippen LogP contribution < -0.4 is 5.32 Å². The summed E-state index contributed by atoms with van der Waals surface area (Å²) in [6.45, 7) is 3.95. The molecule has 120 valence electrons. The van der Waals surface area contributed by atoms with Gasteiger partial charge in [0, 0.05) is 12.3 Å². The van der Waals surface area contributed by atoms with E-state index in [4.69, 9.17) is 4.74 Å². The third-order valence-corrected chi connectivity index (χ3v) is 4.54. The van der Waals surface area contributed by atoms with Gasteiger partial charge in [-0.25, -0.2) is 9.18 Å². The number of cyclic esters (lactones) is 1. The summed E-state index contributed by atoms with van der Waals surface area (Å²) in [5, 5.41) is 11.6. The van der Waals surface area contributed by atoms with Crippen LogP contribution in [0.3, 0.4) is 0 Å². The highest BCUT2D eigenvalue weighted by Crippen LogP contribution is 2.25. The molecule has 1 aromatic carbocycles. The molecule has 1 amide bonds. The van der Waals surface area contributed by atoms with E-state index in [1.165, 1.54) is 29.5 Å². The molecule has 0 bridgehead atoms. The molecule has 1 atom stereocenters. The third-order valence-electron chi connectivity index (χ3n) is 3.40. The fourth-order valence-electron chi connectivity index (χ4n) is 2.21. The average molecular weight is 335 g/mol. The minimum atomic E-state index is -1.01. The predicted molar refractivity (Wildman–Crippen MR) is 81.9 cm³/mol. The molecule has 0 radical (unpaired) electrons. The molecule has 1 aliphatic rings. The molecule has 0 spiro atoms. The number of nitrogens with zero attached hydrogens (tertiary/aromatic N) is 2. The molecule has 6 nitrogen and oxygen atoms in total. The smallest absolute Gasteiger partial charge is 0.339 e. The molecule has 1 unspecified atom stereocenters. The zero-order valence-corrected chi connectivity index (χ0v) is 13.3. The molecule has 8 heteroatoms. The first-order valence-electron chi connectivity index (χ1n) is 7.07. The van der Waals surface area contributed by atoms with E-state index in [-0.39, 0.29) is 17.9 Å². The summed E-state index contributed by atoms with van der Waals surface area (Å²) >= 11 is 1.27. The molecule has 1 aromatic heterocycles. The third kappa shape index (κ3) is 3.21. The molecule has 0 saturated carbocycles. The molecule has 23 heavy (non-hydrogen) atoms. The number of hydrogen-bond acceptors (Lipinski definition) is 6. The number of rotatable bonds is 3. The van der Waals surface area contributed by atoms with Gasteiger partial charge in [0.05, 0.1) is 5.56 Å². The number of esters is 1. The molecule has 2 aromatic rings. The molecule has 0 fully saturated rings. The second-order valence-electron chi connectivity index (χ2n) is 5.49. The Labute approximate surface area is 135 Å². The van der Waals surface area contributed by atoms with Crippen LogP contribution >= 0.6 is 11.3 Å². The van der Waals surface area contributed by atoms with Gasteiger partial charge in [-0.1, -0.05) is 25.2 Å². The topological polar surface area (TPSA) is 81.2 Å². The zero-order valence-electron chi connectivity index (χ0n) is 12.5. The van der Waals surface area contributed by atoms with Crippen molar-refractivity contribution < 1.29 is 18.7 Å². The minimum absolute atomic E-state index is 0.126. The average Bonchev–Trinajstić information content (AvgIpc) is 2.95. The van der Waals surface area contributed by atoms with Crippen molar-refractivity contribution >= 4 is 28.3 Å². The molecule has 1 N–H and O–H groups in total. The lowest BCUT2D eigenvalue weighted by atomic mass is 9.98. The number of carbonyl (C=O) groups excluding carboxylic acids is 2. The fraction of sp³-hybridized carbons (Fsp3) is 0.333. The largest absolute Gasteiger partial charge is 0.448 e. The Morgan fingerprint density at radius 1 is 1.43 bits per heavy atom. The molecule has 1 aliphatic heterocycles. The lowest BCUT2D eigenvalue weighted by Crippen LogP contribution is -2.38. The van der Waals surface area contributed by atoms with Crippen LogP contribution in [0.5, 0.6) is 0 Å². The van der Waals surface area contributed by atoms with Gasteiger partial charge < -0.3 is 4.74 Å². The van der Waals surface area contributed by atoms with Crippen LogP contribution in [0, 0.1) is 5.82 Å². The van der Waals surface area contributed by atoms with E-state index >= 15 is 0 Å². The van der Waals surface area contributed by atoms with Gasteiger partial charge in [-0.3, -0.25) is 10.1 Å². The summed E-state index contributed by atoms with van der Waals surface area (Å²) in [7, 11) is 0. The number of aromatic nitrogens is 2.